The van der Waals surface area contributed by atoms with E-state index in [-0.39, 0.29) is 17.2 Å². The van der Waals surface area contributed by atoms with Crippen molar-refractivity contribution >= 4 is 10.0 Å². The van der Waals surface area contributed by atoms with E-state index in [1.54, 1.807) is 36.4 Å². The number of nitrogens with one attached hydrogen (secondary N) is 1. The maximum atomic E-state index is 12.4. The van der Waals surface area contributed by atoms with E-state index >= 15 is 0 Å². The van der Waals surface area contributed by atoms with Crippen LogP contribution in [0.25, 0.3) is 0 Å². The van der Waals surface area contributed by atoms with Crippen molar-refractivity contribution in [2.24, 2.45) is 0 Å². The van der Waals surface area contributed by atoms with Gasteiger partial charge in [-0.25, -0.2) is 13.1 Å². The van der Waals surface area contributed by atoms with Crippen molar-refractivity contribution in [1.82, 2.24) is 4.72 Å². The quantitative estimate of drug-likeness (QED) is 0.724. The van der Waals surface area contributed by atoms with E-state index < -0.39 is 16.6 Å². The summed E-state index contributed by atoms with van der Waals surface area (Å²) in [6.45, 7) is -1.00. The van der Waals surface area contributed by atoms with Gasteiger partial charge in [0.15, 0.2) is 0 Å². The molecule has 0 unspecified atom stereocenters. The van der Waals surface area contributed by atoms with Crippen LogP contribution in [-0.4, -0.2) is 15.0 Å². The molecule has 0 saturated heterocycles. The molecule has 2 aromatic rings. The summed E-state index contributed by atoms with van der Waals surface area (Å²) in [6.07, 6.45) is 3.02. The fourth-order valence-corrected chi connectivity index (χ4v) is 3.34. The smallest absolute Gasteiger partial charge is 0.387 e. The first kappa shape index (κ1) is 19.3. The number of rotatable bonds is 9. The standard InChI is InChI=1S/C18H21F2NO3S/c1-2-3-6-14-9-11-16(12-10-14)25(22,23)21-13-15-7-4-5-8-17(15)24-18(19)20/h4-5,7-12,18,21H,2-3,6,13H2,1H3. The van der Waals surface area contributed by atoms with Gasteiger partial charge in [0.25, 0.3) is 0 Å². The summed E-state index contributed by atoms with van der Waals surface area (Å²) in [7, 11) is -3.73. The van der Waals surface area contributed by atoms with Crippen molar-refractivity contribution in [2.45, 2.75) is 44.2 Å². The molecule has 0 fully saturated rings. The fraction of sp³-hybridized carbons (Fsp3) is 0.333. The second kappa shape index (κ2) is 8.92. The average Bonchev–Trinajstić information content (AvgIpc) is 2.59. The van der Waals surface area contributed by atoms with Gasteiger partial charge in [-0.2, -0.15) is 8.78 Å². The number of alkyl halides is 2. The molecule has 2 rings (SSSR count). The van der Waals surface area contributed by atoms with Gasteiger partial charge in [0.1, 0.15) is 5.75 Å². The molecular formula is C18H21F2NO3S. The number of hydrogen-bond acceptors (Lipinski definition) is 3. The number of hydrogen-bond donors (Lipinski definition) is 1. The lowest BCUT2D eigenvalue weighted by Gasteiger charge is -2.12. The largest absolute Gasteiger partial charge is 0.434 e. The minimum Gasteiger partial charge on any atom is -0.434 e. The number of sulfonamides is 1. The Morgan fingerprint density at radius 2 is 1.76 bits per heavy atom. The van der Waals surface area contributed by atoms with Gasteiger partial charge >= 0.3 is 6.61 Å². The molecule has 0 heterocycles. The zero-order valence-corrected chi connectivity index (χ0v) is 14.7. The highest BCUT2D eigenvalue weighted by molar-refractivity contribution is 7.89. The molecule has 1 N–H and O–H groups in total. The van der Waals surface area contributed by atoms with Gasteiger partial charge in [-0.3, -0.25) is 0 Å². The summed E-state index contributed by atoms with van der Waals surface area (Å²) < 4.78 is 56.4. The Balaban J connectivity index is 2.07. The molecule has 0 amide bonds. The number of para-hydroxylation sites is 1. The van der Waals surface area contributed by atoms with Crippen LogP contribution in [0.5, 0.6) is 5.75 Å². The lowest BCUT2D eigenvalue weighted by Crippen LogP contribution is -2.23. The molecule has 0 aliphatic carbocycles. The molecule has 0 radical (unpaired) electrons. The van der Waals surface area contributed by atoms with Crippen molar-refractivity contribution in [3.63, 3.8) is 0 Å². The van der Waals surface area contributed by atoms with E-state index in [1.165, 1.54) is 12.1 Å². The zero-order chi connectivity index (χ0) is 18.3. The third kappa shape index (κ3) is 5.79. The first-order chi connectivity index (χ1) is 11.9. The van der Waals surface area contributed by atoms with Gasteiger partial charge in [0.2, 0.25) is 10.0 Å². The minimum atomic E-state index is -3.73. The first-order valence-electron chi connectivity index (χ1n) is 8.03. The molecule has 0 aliphatic rings. The van der Waals surface area contributed by atoms with Crippen molar-refractivity contribution < 1.29 is 21.9 Å². The Morgan fingerprint density at radius 3 is 2.40 bits per heavy atom. The van der Waals surface area contributed by atoms with Crippen molar-refractivity contribution in [2.75, 3.05) is 0 Å². The third-order valence-corrected chi connectivity index (χ3v) is 5.11. The summed E-state index contributed by atoms with van der Waals surface area (Å²) in [5.41, 5.74) is 1.42. The molecule has 0 spiro atoms. The Morgan fingerprint density at radius 1 is 1.08 bits per heavy atom. The van der Waals surface area contributed by atoms with Gasteiger partial charge in [-0.05, 0) is 36.6 Å². The topological polar surface area (TPSA) is 55.4 Å². The SMILES string of the molecule is CCCCc1ccc(S(=O)(=O)NCc2ccccc2OC(F)F)cc1. The highest BCUT2D eigenvalue weighted by Gasteiger charge is 2.16. The van der Waals surface area contributed by atoms with Crippen LogP contribution in [0.2, 0.25) is 0 Å². The molecule has 2 aromatic carbocycles. The van der Waals surface area contributed by atoms with Gasteiger partial charge in [-0.1, -0.05) is 43.7 Å². The molecule has 136 valence electrons. The number of unbranched alkanes of at least 4 members (excludes halogenated alkanes) is 1. The number of benzene rings is 2. The molecular weight excluding hydrogens is 348 g/mol. The molecule has 0 aliphatic heterocycles. The van der Waals surface area contributed by atoms with Crippen LogP contribution in [-0.2, 0) is 23.0 Å². The zero-order valence-electron chi connectivity index (χ0n) is 13.9. The maximum absolute atomic E-state index is 12.4. The molecule has 0 aromatic heterocycles. The van der Waals surface area contributed by atoms with Crippen LogP contribution in [0.3, 0.4) is 0 Å². The summed E-state index contributed by atoms with van der Waals surface area (Å²) in [5.74, 6) is -0.0462. The van der Waals surface area contributed by atoms with E-state index in [1.807, 2.05) is 0 Å². The van der Waals surface area contributed by atoms with Crippen LogP contribution >= 0.6 is 0 Å². The molecule has 0 saturated carbocycles. The second-order valence-corrected chi connectivity index (χ2v) is 7.33. The van der Waals surface area contributed by atoms with Gasteiger partial charge in [0, 0.05) is 12.1 Å². The van der Waals surface area contributed by atoms with E-state index in [0.717, 1.165) is 24.8 Å². The average molecular weight is 369 g/mol. The summed E-state index contributed by atoms with van der Waals surface area (Å²) in [5, 5.41) is 0. The Kier molecular flexibility index (Phi) is 6.90. The monoisotopic (exact) mass is 369 g/mol. The summed E-state index contributed by atoms with van der Waals surface area (Å²) in [4.78, 5) is 0.139. The normalized spacial score (nSPS) is 11.7. The number of halogens is 2. The Labute approximate surface area is 146 Å². The van der Waals surface area contributed by atoms with Crippen LogP contribution in [0.4, 0.5) is 8.78 Å². The molecule has 25 heavy (non-hydrogen) atoms. The highest BCUT2D eigenvalue weighted by Crippen LogP contribution is 2.21. The van der Waals surface area contributed by atoms with E-state index in [2.05, 4.69) is 16.4 Å². The van der Waals surface area contributed by atoms with Crippen molar-refractivity contribution in [1.29, 1.82) is 0 Å². The predicted octanol–water partition coefficient (Wildman–Crippen LogP) is 4.11. The Bertz CT molecular complexity index is 777. The van der Waals surface area contributed by atoms with Crippen LogP contribution < -0.4 is 9.46 Å². The van der Waals surface area contributed by atoms with Crippen LogP contribution in [0.1, 0.15) is 30.9 Å². The molecule has 7 heteroatoms. The van der Waals surface area contributed by atoms with Gasteiger partial charge in [0.05, 0.1) is 4.90 Å². The molecule has 0 atom stereocenters. The number of aryl methyl sites for hydroxylation is 1. The van der Waals surface area contributed by atoms with Crippen LogP contribution in [0.15, 0.2) is 53.4 Å². The third-order valence-electron chi connectivity index (χ3n) is 3.69. The summed E-state index contributed by atoms with van der Waals surface area (Å²) >= 11 is 0. The van der Waals surface area contributed by atoms with Crippen molar-refractivity contribution in [3.8, 4) is 5.75 Å². The van der Waals surface area contributed by atoms with Crippen molar-refractivity contribution in [3.05, 3.63) is 59.7 Å². The lowest BCUT2D eigenvalue weighted by molar-refractivity contribution is -0.0504. The van der Waals surface area contributed by atoms with E-state index in [9.17, 15) is 17.2 Å². The maximum Gasteiger partial charge on any atom is 0.387 e. The molecule has 0 bridgehead atoms. The number of ether oxygens (including phenoxy) is 1. The van der Waals surface area contributed by atoms with Gasteiger partial charge in [-0.15, -0.1) is 0 Å². The highest BCUT2D eigenvalue weighted by atomic mass is 32.2. The van der Waals surface area contributed by atoms with E-state index in [0.29, 0.717) is 5.56 Å². The second-order valence-electron chi connectivity index (χ2n) is 5.56. The summed E-state index contributed by atoms with van der Waals surface area (Å²) in [6, 6.07) is 12.8. The fourth-order valence-electron chi connectivity index (χ4n) is 2.33. The van der Waals surface area contributed by atoms with Gasteiger partial charge < -0.3 is 4.74 Å². The Hall–Kier alpha value is -1.99. The molecule has 4 nitrogen and oxygen atoms in total. The predicted molar refractivity (Wildman–Crippen MR) is 92.2 cm³/mol. The first-order valence-corrected chi connectivity index (χ1v) is 9.52. The van der Waals surface area contributed by atoms with E-state index in [4.69, 9.17) is 0 Å². The van der Waals surface area contributed by atoms with Crippen LogP contribution in [0, 0.1) is 0 Å². The lowest BCUT2D eigenvalue weighted by atomic mass is 10.1. The minimum absolute atomic E-state index is 0.0462.